The Kier molecular flexibility index (Phi) is 4.93. The zero-order valence-electron chi connectivity index (χ0n) is 9.91. The van der Waals surface area contributed by atoms with Crippen LogP contribution in [0.1, 0.15) is 53.4 Å². The minimum atomic E-state index is 0.00771. The highest BCUT2D eigenvalue weighted by molar-refractivity contribution is 4.93. The summed E-state index contributed by atoms with van der Waals surface area (Å²) in [5, 5.41) is 3.37. The molecule has 0 aromatic carbocycles. The third-order valence-corrected chi connectivity index (χ3v) is 3.53. The molecule has 0 aliphatic heterocycles. The SMILES string of the molecule is CCC(N)(CC)CC(C)(CC)NC. The summed E-state index contributed by atoms with van der Waals surface area (Å²) in [4.78, 5) is 0. The summed E-state index contributed by atoms with van der Waals surface area (Å²) in [5.74, 6) is 0. The van der Waals surface area contributed by atoms with Crippen LogP contribution in [0.4, 0.5) is 0 Å². The predicted octanol–water partition coefficient (Wildman–Crippen LogP) is 2.28. The van der Waals surface area contributed by atoms with E-state index in [4.69, 9.17) is 5.73 Å². The lowest BCUT2D eigenvalue weighted by Crippen LogP contribution is -2.51. The Morgan fingerprint density at radius 2 is 1.54 bits per heavy atom. The Labute approximate surface area is 83.3 Å². The van der Waals surface area contributed by atoms with E-state index in [9.17, 15) is 0 Å². The van der Waals surface area contributed by atoms with Gasteiger partial charge < -0.3 is 11.1 Å². The first-order chi connectivity index (χ1) is 5.95. The van der Waals surface area contributed by atoms with Gasteiger partial charge in [-0.1, -0.05) is 20.8 Å². The van der Waals surface area contributed by atoms with Gasteiger partial charge in [-0.15, -0.1) is 0 Å². The highest BCUT2D eigenvalue weighted by Gasteiger charge is 2.30. The fourth-order valence-corrected chi connectivity index (χ4v) is 1.67. The summed E-state index contributed by atoms with van der Waals surface area (Å²) in [6, 6.07) is 0. The zero-order valence-corrected chi connectivity index (χ0v) is 9.91. The summed E-state index contributed by atoms with van der Waals surface area (Å²) >= 11 is 0. The Bertz CT molecular complexity index is 119. The van der Waals surface area contributed by atoms with Gasteiger partial charge in [-0.05, 0) is 39.7 Å². The van der Waals surface area contributed by atoms with Crippen LogP contribution in [-0.4, -0.2) is 18.1 Å². The number of rotatable bonds is 6. The van der Waals surface area contributed by atoms with Crippen molar-refractivity contribution in [1.29, 1.82) is 0 Å². The van der Waals surface area contributed by atoms with E-state index in [1.54, 1.807) is 0 Å². The second-order valence-corrected chi connectivity index (χ2v) is 4.41. The second-order valence-electron chi connectivity index (χ2n) is 4.41. The first-order valence-electron chi connectivity index (χ1n) is 5.43. The van der Waals surface area contributed by atoms with Crippen molar-refractivity contribution in [1.82, 2.24) is 5.32 Å². The van der Waals surface area contributed by atoms with Crippen LogP contribution in [0.15, 0.2) is 0 Å². The highest BCUT2D eigenvalue weighted by Crippen LogP contribution is 2.26. The average molecular weight is 186 g/mol. The van der Waals surface area contributed by atoms with Crippen molar-refractivity contribution in [2.45, 2.75) is 64.5 Å². The molecule has 1 unspecified atom stereocenters. The zero-order chi connectivity index (χ0) is 10.5. The summed E-state index contributed by atoms with van der Waals surface area (Å²) in [6.07, 6.45) is 4.30. The molecule has 0 aromatic rings. The Morgan fingerprint density at radius 3 is 1.77 bits per heavy atom. The molecular weight excluding hydrogens is 160 g/mol. The quantitative estimate of drug-likeness (QED) is 0.668. The predicted molar refractivity (Wildman–Crippen MR) is 59.9 cm³/mol. The lowest BCUT2D eigenvalue weighted by molar-refractivity contribution is 0.237. The van der Waals surface area contributed by atoms with Crippen molar-refractivity contribution in [2.75, 3.05) is 7.05 Å². The molecule has 3 N–H and O–H groups in total. The molecular formula is C11H26N2. The average Bonchev–Trinajstić information content (AvgIpc) is 2.17. The fourth-order valence-electron chi connectivity index (χ4n) is 1.67. The molecule has 0 saturated carbocycles. The maximum absolute atomic E-state index is 6.29. The van der Waals surface area contributed by atoms with Crippen molar-refractivity contribution in [3.05, 3.63) is 0 Å². The summed E-state index contributed by atoms with van der Waals surface area (Å²) in [7, 11) is 2.02. The molecule has 0 radical (unpaired) electrons. The van der Waals surface area contributed by atoms with Gasteiger partial charge in [0, 0.05) is 11.1 Å². The molecule has 0 aromatic heterocycles. The molecule has 80 valence electrons. The van der Waals surface area contributed by atoms with Gasteiger partial charge in [-0.25, -0.2) is 0 Å². The highest BCUT2D eigenvalue weighted by atomic mass is 14.9. The number of nitrogens with two attached hydrogens (primary N) is 1. The molecule has 13 heavy (non-hydrogen) atoms. The van der Waals surface area contributed by atoms with Gasteiger partial charge >= 0.3 is 0 Å². The second kappa shape index (κ2) is 4.97. The van der Waals surface area contributed by atoms with E-state index in [-0.39, 0.29) is 11.1 Å². The van der Waals surface area contributed by atoms with Crippen molar-refractivity contribution in [3.63, 3.8) is 0 Å². The molecule has 1 atom stereocenters. The van der Waals surface area contributed by atoms with E-state index in [0.29, 0.717) is 0 Å². The smallest absolute Gasteiger partial charge is 0.0166 e. The maximum Gasteiger partial charge on any atom is 0.0166 e. The minimum absolute atomic E-state index is 0.00771. The van der Waals surface area contributed by atoms with Gasteiger partial charge in [-0.3, -0.25) is 0 Å². The first kappa shape index (κ1) is 12.9. The molecule has 0 spiro atoms. The minimum Gasteiger partial charge on any atom is -0.325 e. The lowest BCUT2D eigenvalue weighted by Gasteiger charge is -2.38. The monoisotopic (exact) mass is 186 g/mol. The molecule has 0 bridgehead atoms. The van der Waals surface area contributed by atoms with E-state index < -0.39 is 0 Å². The van der Waals surface area contributed by atoms with Crippen LogP contribution in [0.25, 0.3) is 0 Å². The van der Waals surface area contributed by atoms with Crippen LogP contribution < -0.4 is 11.1 Å². The van der Waals surface area contributed by atoms with Gasteiger partial charge in [0.2, 0.25) is 0 Å². The van der Waals surface area contributed by atoms with Crippen molar-refractivity contribution in [3.8, 4) is 0 Å². The van der Waals surface area contributed by atoms with Crippen molar-refractivity contribution >= 4 is 0 Å². The number of hydrogen-bond acceptors (Lipinski definition) is 2. The Hall–Kier alpha value is -0.0800. The van der Waals surface area contributed by atoms with Crippen molar-refractivity contribution < 1.29 is 0 Å². The van der Waals surface area contributed by atoms with Crippen LogP contribution in [-0.2, 0) is 0 Å². The van der Waals surface area contributed by atoms with Gasteiger partial charge in [-0.2, -0.15) is 0 Å². The molecule has 0 heterocycles. The molecule has 2 heteroatoms. The van der Waals surface area contributed by atoms with E-state index in [1.165, 1.54) is 0 Å². The van der Waals surface area contributed by atoms with E-state index in [2.05, 4.69) is 33.0 Å². The summed E-state index contributed by atoms with van der Waals surface area (Å²) in [5.41, 5.74) is 6.50. The van der Waals surface area contributed by atoms with Gasteiger partial charge in [0.05, 0.1) is 0 Å². The summed E-state index contributed by atoms with van der Waals surface area (Å²) in [6.45, 7) is 8.81. The maximum atomic E-state index is 6.29. The Balaban J connectivity index is 4.36. The number of hydrogen-bond donors (Lipinski definition) is 2. The first-order valence-corrected chi connectivity index (χ1v) is 5.43. The van der Waals surface area contributed by atoms with Crippen LogP contribution >= 0.6 is 0 Å². The topological polar surface area (TPSA) is 38.0 Å². The van der Waals surface area contributed by atoms with Gasteiger partial charge in [0.1, 0.15) is 0 Å². The lowest BCUT2D eigenvalue weighted by atomic mass is 9.79. The van der Waals surface area contributed by atoms with Crippen LogP contribution in [0, 0.1) is 0 Å². The molecule has 2 nitrogen and oxygen atoms in total. The number of nitrogens with one attached hydrogen (secondary N) is 1. The van der Waals surface area contributed by atoms with Crippen molar-refractivity contribution in [2.24, 2.45) is 5.73 Å². The third kappa shape index (κ3) is 3.65. The molecule has 0 fully saturated rings. The van der Waals surface area contributed by atoms with Crippen LogP contribution in [0.5, 0.6) is 0 Å². The summed E-state index contributed by atoms with van der Waals surface area (Å²) < 4.78 is 0. The van der Waals surface area contributed by atoms with Gasteiger partial charge in [0.15, 0.2) is 0 Å². The molecule has 0 amide bonds. The largest absolute Gasteiger partial charge is 0.325 e. The van der Waals surface area contributed by atoms with Crippen LogP contribution in [0.3, 0.4) is 0 Å². The van der Waals surface area contributed by atoms with E-state index >= 15 is 0 Å². The normalized spacial score (nSPS) is 17.1. The molecule has 0 rings (SSSR count). The fraction of sp³-hybridized carbons (Fsp3) is 1.00. The van der Waals surface area contributed by atoms with E-state index in [1.807, 2.05) is 7.05 Å². The molecule has 0 saturated heterocycles. The van der Waals surface area contributed by atoms with E-state index in [0.717, 1.165) is 25.7 Å². The standard InChI is InChI=1S/C11H26N2/c1-6-10(4,13-5)9-11(12,7-2)8-3/h13H,6-9,12H2,1-5H3. The molecule has 0 aliphatic rings. The van der Waals surface area contributed by atoms with Gasteiger partial charge in [0.25, 0.3) is 0 Å². The molecule has 0 aliphatic carbocycles. The van der Waals surface area contributed by atoms with Crippen LogP contribution in [0.2, 0.25) is 0 Å². The Morgan fingerprint density at radius 1 is 1.08 bits per heavy atom. The third-order valence-electron chi connectivity index (χ3n) is 3.53.